The molecular formula is C16H36N2O4. The number of hydrogen-bond acceptors (Lipinski definition) is 5. The topological polar surface area (TPSA) is 82.8 Å². The average Bonchev–Trinajstić information content (AvgIpc) is 2.46. The maximum Gasteiger partial charge on any atom is 0.407 e. The Labute approximate surface area is 136 Å². The van der Waals surface area contributed by atoms with Crippen LogP contribution in [0.4, 0.5) is 4.79 Å². The van der Waals surface area contributed by atoms with Crippen LogP contribution in [0.25, 0.3) is 0 Å². The standard InChI is InChI=1S/C14H30N2O4.C2H6/c1-13(2,18-5)7-11-20-14(3,4)6-10-19-12(17)16-9-8-15;1-2/h6-11,15H2,1-5H3,(H,16,17);1-2H3. The van der Waals surface area contributed by atoms with Crippen LogP contribution in [0, 0.1) is 0 Å². The molecule has 0 radical (unpaired) electrons. The van der Waals surface area contributed by atoms with Crippen molar-refractivity contribution in [2.45, 2.75) is 65.6 Å². The molecule has 0 atom stereocenters. The molecule has 0 aliphatic rings. The van der Waals surface area contributed by atoms with Gasteiger partial charge in [0.15, 0.2) is 0 Å². The number of nitrogens with one attached hydrogen (secondary N) is 1. The van der Waals surface area contributed by atoms with Gasteiger partial charge in [-0.2, -0.15) is 0 Å². The molecule has 6 nitrogen and oxygen atoms in total. The maximum absolute atomic E-state index is 11.2. The molecule has 0 saturated carbocycles. The van der Waals surface area contributed by atoms with Gasteiger partial charge in [-0.15, -0.1) is 0 Å². The Morgan fingerprint density at radius 1 is 1.05 bits per heavy atom. The zero-order valence-electron chi connectivity index (χ0n) is 15.5. The normalized spacial score (nSPS) is 11.5. The van der Waals surface area contributed by atoms with E-state index in [1.165, 1.54) is 0 Å². The van der Waals surface area contributed by atoms with Gasteiger partial charge in [-0.1, -0.05) is 13.8 Å². The van der Waals surface area contributed by atoms with Crippen LogP contribution in [0.1, 0.15) is 54.4 Å². The fraction of sp³-hybridized carbons (Fsp3) is 0.938. The van der Waals surface area contributed by atoms with E-state index in [0.717, 1.165) is 6.42 Å². The lowest BCUT2D eigenvalue weighted by Crippen LogP contribution is -2.33. The summed E-state index contributed by atoms with van der Waals surface area (Å²) >= 11 is 0. The molecule has 0 heterocycles. The van der Waals surface area contributed by atoms with Crippen LogP contribution in [0.5, 0.6) is 0 Å². The SMILES string of the molecule is CC.COC(C)(C)CCOC(C)(C)CCOC(=O)NCCN. The van der Waals surface area contributed by atoms with Gasteiger partial charge in [0.05, 0.1) is 24.4 Å². The van der Waals surface area contributed by atoms with E-state index in [1.807, 2.05) is 41.5 Å². The first-order chi connectivity index (χ1) is 10.2. The fourth-order valence-electron chi connectivity index (χ4n) is 1.36. The molecule has 0 aromatic heterocycles. The highest BCUT2D eigenvalue weighted by Crippen LogP contribution is 2.18. The molecule has 0 bridgehead atoms. The zero-order valence-corrected chi connectivity index (χ0v) is 15.5. The van der Waals surface area contributed by atoms with E-state index in [2.05, 4.69) is 5.32 Å². The van der Waals surface area contributed by atoms with E-state index in [0.29, 0.717) is 32.7 Å². The minimum absolute atomic E-state index is 0.186. The van der Waals surface area contributed by atoms with Crippen LogP contribution in [-0.4, -0.2) is 50.7 Å². The molecule has 0 aromatic rings. The van der Waals surface area contributed by atoms with Crippen molar-refractivity contribution in [1.82, 2.24) is 5.32 Å². The van der Waals surface area contributed by atoms with Crippen LogP contribution in [0.15, 0.2) is 0 Å². The van der Waals surface area contributed by atoms with Gasteiger partial charge >= 0.3 is 6.09 Å². The number of amides is 1. The second kappa shape index (κ2) is 12.7. The summed E-state index contributed by atoms with van der Waals surface area (Å²) in [5.74, 6) is 0. The Bertz CT molecular complexity index is 281. The monoisotopic (exact) mass is 320 g/mol. The highest BCUT2D eigenvalue weighted by Gasteiger charge is 2.22. The van der Waals surface area contributed by atoms with Crippen LogP contribution in [-0.2, 0) is 14.2 Å². The molecule has 0 aliphatic heterocycles. The third kappa shape index (κ3) is 14.1. The third-order valence-electron chi connectivity index (χ3n) is 3.10. The quantitative estimate of drug-likeness (QED) is 0.646. The summed E-state index contributed by atoms with van der Waals surface area (Å²) in [6.45, 7) is 13.7. The minimum atomic E-state index is -0.438. The molecule has 3 N–H and O–H groups in total. The Morgan fingerprint density at radius 3 is 2.09 bits per heavy atom. The first-order valence-electron chi connectivity index (χ1n) is 8.02. The summed E-state index contributed by atoms with van der Waals surface area (Å²) < 4.78 is 16.2. The third-order valence-corrected chi connectivity index (χ3v) is 3.10. The van der Waals surface area contributed by atoms with Crippen molar-refractivity contribution in [2.75, 3.05) is 33.4 Å². The van der Waals surface area contributed by atoms with Gasteiger partial charge in [-0.3, -0.25) is 0 Å². The number of alkyl carbamates (subject to hydrolysis) is 1. The highest BCUT2D eigenvalue weighted by molar-refractivity contribution is 5.67. The number of hydrogen-bond donors (Lipinski definition) is 2. The molecule has 1 amide bonds. The van der Waals surface area contributed by atoms with Gasteiger partial charge in [0.2, 0.25) is 0 Å². The van der Waals surface area contributed by atoms with Crippen molar-refractivity contribution >= 4 is 6.09 Å². The predicted molar refractivity (Wildman–Crippen MR) is 90.1 cm³/mol. The smallest absolute Gasteiger partial charge is 0.407 e. The van der Waals surface area contributed by atoms with Crippen molar-refractivity contribution < 1.29 is 19.0 Å². The van der Waals surface area contributed by atoms with Gasteiger partial charge in [0.1, 0.15) is 0 Å². The van der Waals surface area contributed by atoms with Gasteiger partial charge in [0, 0.05) is 26.6 Å². The molecule has 0 saturated heterocycles. The number of carbonyl (C=O) groups is 1. The molecule has 0 unspecified atom stereocenters. The number of ether oxygens (including phenoxy) is 3. The largest absolute Gasteiger partial charge is 0.449 e. The van der Waals surface area contributed by atoms with Gasteiger partial charge in [-0.25, -0.2) is 4.79 Å². The second-order valence-electron chi connectivity index (χ2n) is 5.92. The molecular weight excluding hydrogens is 284 g/mol. The van der Waals surface area contributed by atoms with E-state index >= 15 is 0 Å². The van der Waals surface area contributed by atoms with E-state index in [1.54, 1.807) is 7.11 Å². The molecule has 6 heteroatoms. The molecule has 0 aliphatic carbocycles. The highest BCUT2D eigenvalue weighted by atomic mass is 16.6. The summed E-state index contributed by atoms with van der Waals surface area (Å²) in [5.41, 5.74) is 4.75. The number of carbonyl (C=O) groups excluding carboxylic acids is 1. The first-order valence-corrected chi connectivity index (χ1v) is 8.02. The van der Waals surface area contributed by atoms with Crippen molar-refractivity contribution in [1.29, 1.82) is 0 Å². The molecule has 0 fully saturated rings. The van der Waals surface area contributed by atoms with E-state index in [-0.39, 0.29) is 11.2 Å². The van der Waals surface area contributed by atoms with Gasteiger partial charge in [-0.05, 0) is 34.1 Å². The van der Waals surface area contributed by atoms with Gasteiger partial charge in [0.25, 0.3) is 0 Å². The minimum Gasteiger partial charge on any atom is -0.449 e. The van der Waals surface area contributed by atoms with E-state index in [9.17, 15) is 4.79 Å². The number of rotatable bonds is 10. The van der Waals surface area contributed by atoms with Crippen LogP contribution < -0.4 is 11.1 Å². The number of methoxy groups -OCH3 is 1. The van der Waals surface area contributed by atoms with Crippen LogP contribution >= 0.6 is 0 Å². The lowest BCUT2D eigenvalue weighted by Gasteiger charge is -2.28. The second-order valence-corrected chi connectivity index (χ2v) is 5.92. The van der Waals surface area contributed by atoms with Crippen molar-refractivity contribution in [3.05, 3.63) is 0 Å². The van der Waals surface area contributed by atoms with Crippen molar-refractivity contribution in [2.24, 2.45) is 5.73 Å². The predicted octanol–water partition coefficient (Wildman–Crippen LogP) is 2.70. The first kappa shape index (κ1) is 23.4. The Kier molecular flexibility index (Phi) is 13.5. The number of nitrogens with two attached hydrogens (primary N) is 1. The average molecular weight is 320 g/mol. The molecule has 22 heavy (non-hydrogen) atoms. The van der Waals surface area contributed by atoms with Crippen LogP contribution in [0.3, 0.4) is 0 Å². The lowest BCUT2D eigenvalue weighted by atomic mass is 10.0. The maximum atomic E-state index is 11.2. The van der Waals surface area contributed by atoms with Crippen LogP contribution in [0.2, 0.25) is 0 Å². The van der Waals surface area contributed by atoms with Gasteiger partial charge < -0.3 is 25.3 Å². The molecule has 0 spiro atoms. The van der Waals surface area contributed by atoms with E-state index in [4.69, 9.17) is 19.9 Å². The Hall–Kier alpha value is -0.850. The Balaban J connectivity index is 0. The summed E-state index contributed by atoms with van der Waals surface area (Å²) in [5, 5.41) is 2.55. The summed E-state index contributed by atoms with van der Waals surface area (Å²) in [6, 6.07) is 0. The summed E-state index contributed by atoms with van der Waals surface area (Å²) in [4.78, 5) is 11.2. The summed E-state index contributed by atoms with van der Waals surface area (Å²) in [6.07, 6.45) is 1.01. The van der Waals surface area contributed by atoms with Crippen molar-refractivity contribution in [3.8, 4) is 0 Å². The lowest BCUT2D eigenvalue weighted by molar-refractivity contribution is -0.0662. The molecule has 134 valence electrons. The molecule has 0 rings (SSSR count). The Morgan fingerprint density at radius 2 is 1.59 bits per heavy atom. The summed E-state index contributed by atoms with van der Waals surface area (Å²) in [7, 11) is 1.69. The zero-order chi connectivity index (χ0) is 17.6. The molecule has 0 aromatic carbocycles. The van der Waals surface area contributed by atoms with E-state index < -0.39 is 6.09 Å². The van der Waals surface area contributed by atoms with Crippen molar-refractivity contribution in [3.63, 3.8) is 0 Å². The fourth-order valence-corrected chi connectivity index (χ4v) is 1.36.